The number of hydrogen-bond donors (Lipinski definition) is 1. The van der Waals surface area contributed by atoms with Crippen molar-refractivity contribution in [3.63, 3.8) is 0 Å². The zero-order valence-electron chi connectivity index (χ0n) is 16.1. The Morgan fingerprint density at radius 2 is 2.14 bits per heavy atom. The first-order valence-electron chi connectivity index (χ1n) is 9.41. The first kappa shape index (κ1) is 21.0. The van der Waals surface area contributed by atoms with Crippen LogP contribution in [0.4, 0.5) is 0 Å². The molecule has 0 aliphatic carbocycles. The van der Waals surface area contributed by atoms with Crippen molar-refractivity contribution in [1.29, 1.82) is 0 Å². The molecule has 3 rings (SSSR count). The molecule has 0 bridgehead atoms. The quantitative estimate of drug-likeness (QED) is 0.709. The van der Waals surface area contributed by atoms with Crippen molar-refractivity contribution >= 4 is 27.3 Å². The van der Waals surface area contributed by atoms with Gasteiger partial charge in [-0.05, 0) is 56.3 Å². The van der Waals surface area contributed by atoms with E-state index in [0.717, 1.165) is 24.3 Å². The highest BCUT2D eigenvalue weighted by atomic mass is 32.2. The molecule has 2 heterocycles. The highest BCUT2D eigenvalue weighted by Gasteiger charge is 2.25. The van der Waals surface area contributed by atoms with Crippen LogP contribution >= 0.6 is 11.3 Å². The Kier molecular flexibility index (Phi) is 6.87. The third-order valence-electron chi connectivity index (χ3n) is 4.44. The summed E-state index contributed by atoms with van der Waals surface area (Å²) in [5.41, 5.74) is 0.362. The Bertz CT molecular complexity index is 889. The van der Waals surface area contributed by atoms with Crippen LogP contribution in [0.3, 0.4) is 0 Å². The van der Waals surface area contributed by atoms with Crippen LogP contribution in [-0.4, -0.2) is 44.5 Å². The number of carbonyl (C=O) groups excluding carboxylic acids is 1. The average Bonchev–Trinajstić information content (AvgIpc) is 3.34. The van der Waals surface area contributed by atoms with Gasteiger partial charge in [0.25, 0.3) is 5.91 Å². The van der Waals surface area contributed by atoms with Crippen LogP contribution in [0.5, 0.6) is 0 Å². The van der Waals surface area contributed by atoms with E-state index in [-0.39, 0.29) is 22.9 Å². The fourth-order valence-electron chi connectivity index (χ4n) is 3.20. The third kappa shape index (κ3) is 5.41. The predicted molar refractivity (Wildman–Crippen MR) is 110 cm³/mol. The maximum Gasteiger partial charge on any atom is 0.254 e. The van der Waals surface area contributed by atoms with Gasteiger partial charge in [0.2, 0.25) is 10.0 Å². The largest absolute Gasteiger partial charge is 0.376 e. The molecule has 1 aromatic heterocycles. The van der Waals surface area contributed by atoms with E-state index in [2.05, 4.69) is 4.72 Å². The Hall–Kier alpha value is -1.74. The summed E-state index contributed by atoms with van der Waals surface area (Å²) in [5, 5.41) is 1.98. The fourth-order valence-corrected chi connectivity index (χ4v) is 5.22. The van der Waals surface area contributed by atoms with Crippen molar-refractivity contribution < 1.29 is 17.9 Å². The number of sulfonamides is 1. The SMILES string of the molecule is CC(C)NS(=O)(=O)c1cccc(C(=O)N(Cc2cccs2)CC2CCCO2)c1. The molecule has 0 radical (unpaired) electrons. The summed E-state index contributed by atoms with van der Waals surface area (Å²) < 4.78 is 33.2. The van der Waals surface area contributed by atoms with Crippen molar-refractivity contribution in [2.75, 3.05) is 13.2 Å². The number of hydrogen-bond acceptors (Lipinski definition) is 5. The number of amides is 1. The number of carbonyl (C=O) groups is 1. The maximum absolute atomic E-state index is 13.2. The number of ether oxygens (including phenoxy) is 1. The highest BCUT2D eigenvalue weighted by Crippen LogP contribution is 2.20. The summed E-state index contributed by atoms with van der Waals surface area (Å²) in [7, 11) is -3.66. The van der Waals surface area contributed by atoms with Crippen LogP contribution in [0.1, 0.15) is 41.9 Å². The standard InChI is InChI=1S/C20H26N2O4S2/c1-15(2)21-28(24,25)19-9-3-6-16(12-19)20(23)22(13-17-7-4-10-26-17)14-18-8-5-11-27-18/h3,5-6,8-9,11-12,15,17,21H,4,7,10,13-14H2,1-2H3. The van der Waals surface area contributed by atoms with Crippen molar-refractivity contribution in [3.8, 4) is 0 Å². The Morgan fingerprint density at radius 3 is 2.79 bits per heavy atom. The number of thiophene rings is 1. The third-order valence-corrected chi connectivity index (χ3v) is 6.96. The molecule has 1 saturated heterocycles. The molecule has 1 aliphatic heterocycles. The summed E-state index contributed by atoms with van der Waals surface area (Å²) in [6, 6.07) is 9.95. The molecule has 0 saturated carbocycles. The smallest absolute Gasteiger partial charge is 0.254 e. The molecule has 1 atom stereocenters. The number of benzene rings is 1. The van der Waals surface area contributed by atoms with Gasteiger partial charge in [-0.25, -0.2) is 13.1 Å². The fraction of sp³-hybridized carbons (Fsp3) is 0.450. The minimum absolute atomic E-state index is 0.0263. The molecule has 1 aliphatic rings. The molecule has 6 nitrogen and oxygen atoms in total. The van der Waals surface area contributed by atoms with E-state index in [1.807, 2.05) is 17.5 Å². The van der Waals surface area contributed by atoms with Crippen molar-refractivity contribution in [2.45, 2.75) is 50.3 Å². The number of nitrogens with zero attached hydrogens (tertiary/aromatic N) is 1. The predicted octanol–water partition coefficient (Wildman–Crippen LogP) is 3.26. The van der Waals surface area contributed by atoms with Gasteiger partial charge in [0.1, 0.15) is 0 Å². The Labute approximate surface area is 170 Å². The normalized spacial score (nSPS) is 17.2. The first-order chi connectivity index (χ1) is 13.3. The second-order valence-corrected chi connectivity index (χ2v) is 9.95. The van der Waals surface area contributed by atoms with Crippen LogP contribution in [0.2, 0.25) is 0 Å². The van der Waals surface area contributed by atoms with Gasteiger partial charge in [0.05, 0.1) is 17.5 Å². The molecule has 2 aromatic rings. The van der Waals surface area contributed by atoms with Crippen LogP contribution in [0.15, 0.2) is 46.7 Å². The highest BCUT2D eigenvalue weighted by molar-refractivity contribution is 7.89. The summed E-state index contributed by atoms with van der Waals surface area (Å²) in [4.78, 5) is 16.2. The minimum Gasteiger partial charge on any atom is -0.376 e. The Morgan fingerprint density at radius 1 is 1.32 bits per heavy atom. The van der Waals surface area contributed by atoms with E-state index >= 15 is 0 Å². The molecule has 1 amide bonds. The van der Waals surface area contributed by atoms with E-state index < -0.39 is 10.0 Å². The molecule has 28 heavy (non-hydrogen) atoms. The molecule has 1 unspecified atom stereocenters. The van der Waals surface area contributed by atoms with Crippen molar-refractivity contribution in [1.82, 2.24) is 9.62 Å². The molecule has 0 spiro atoms. The van der Waals surface area contributed by atoms with Crippen LogP contribution in [0.25, 0.3) is 0 Å². The lowest BCUT2D eigenvalue weighted by molar-refractivity contribution is 0.0509. The van der Waals surface area contributed by atoms with E-state index in [1.165, 1.54) is 12.1 Å². The van der Waals surface area contributed by atoms with Gasteiger partial charge in [0.15, 0.2) is 0 Å². The topological polar surface area (TPSA) is 75.7 Å². The van der Waals surface area contributed by atoms with Crippen molar-refractivity contribution in [2.24, 2.45) is 0 Å². The monoisotopic (exact) mass is 422 g/mol. The van der Waals surface area contributed by atoms with Gasteiger partial charge in [-0.2, -0.15) is 0 Å². The molecule has 8 heteroatoms. The zero-order valence-corrected chi connectivity index (χ0v) is 17.8. The van der Waals surface area contributed by atoms with Gasteiger partial charge >= 0.3 is 0 Å². The molecule has 1 fully saturated rings. The van der Waals surface area contributed by atoms with E-state index in [4.69, 9.17) is 4.74 Å². The van der Waals surface area contributed by atoms with E-state index in [9.17, 15) is 13.2 Å². The molecular formula is C20H26N2O4S2. The van der Waals surface area contributed by atoms with Gasteiger partial charge in [-0.1, -0.05) is 12.1 Å². The van der Waals surface area contributed by atoms with E-state index in [0.29, 0.717) is 18.7 Å². The maximum atomic E-state index is 13.2. The minimum atomic E-state index is -3.66. The number of nitrogens with one attached hydrogen (secondary N) is 1. The summed E-state index contributed by atoms with van der Waals surface area (Å²) in [6.07, 6.45) is 1.96. The number of rotatable bonds is 8. The van der Waals surface area contributed by atoms with Crippen LogP contribution in [0, 0.1) is 0 Å². The van der Waals surface area contributed by atoms with Crippen LogP contribution in [-0.2, 0) is 21.3 Å². The van der Waals surface area contributed by atoms with Gasteiger partial charge in [0, 0.05) is 29.6 Å². The second-order valence-electron chi connectivity index (χ2n) is 7.20. The van der Waals surface area contributed by atoms with Gasteiger partial charge in [-0.3, -0.25) is 4.79 Å². The average molecular weight is 423 g/mol. The summed E-state index contributed by atoms with van der Waals surface area (Å²) in [5.74, 6) is -0.189. The molecule has 1 N–H and O–H groups in total. The molecular weight excluding hydrogens is 396 g/mol. The molecule has 1 aromatic carbocycles. The Balaban J connectivity index is 1.84. The zero-order chi connectivity index (χ0) is 20.1. The first-order valence-corrected chi connectivity index (χ1v) is 11.8. The lowest BCUT2D eigenvalue weighted by Crippen LogP contribution is -2.37. The second kappa shape index (κ2) is 9.17. The summed E-state index contributed by atoms with van der Waals surface area (Å²) >= 11 is 1.60. The lowest BCUT2D eigenvalue weighted by atomic mass is 10.1. The van der Waals surface area contributed by atoms with Crippen LogP contribution < -0.4 is 4.72 Å². The lowest BCUT2D eigenvalue weighted by Gasteiger charge is -2.25. The molecule has 152 valence electrons. The van der Waals surface area contributed by atoms with Gasteiger partial charge in [-0.15, -0.1) is 11.3 Å². The summed E-state index contributed by atoms with van der Waals surface area (Å²) in [6.45, 7) is 5.23. The van der Waals surface area contributed by atoms with Gasteiger partial charge < -0.3 is 9.64 Å². The van der Waals surface area contributed by atoms with Crippen molar-refractivity contribution in [3.05, 3.63) is 52.2 Å². The van der Waals surface area contributed by atoms with E-state index in [1.54, 1.807) is 42.2 Å².